The Balaban J connectivity index is 2.47. The summed E-state index contributed by atoms with van der Waals surface area (Å²) in [5.74, 6) is 0. The Kier molecular flexibility index (Phi) is 2.05. The highest BCUT2D eigenvalue weighted by atomic mass is 79.9. The smallest absolute Gasteiger partial charge is 0.0584 e. The maximum Gasteiger partial charge on any atom is 0.0584 e. The predicted octanol–water partition coefficient (Wildman–Crippen LogP) is 3.71. The van der Waals surface area contributed by atoms with Gasteiger partial charge in [0.25, 0.3) is 0 Å². The molecular weight excluding hydrogens is 212 g/mol. The maximum atomic E-state index is 3.60. The van der Waals surface area contributed by atoms with Crippen LogP contribution in [0.1, 0.15) is 28.4 Å². The Labute approximate surface area is 81.4 Å². The predicted molar refractivity (Wildman–Crippen MR) is 56.5 cm³/mol. The van der Waals surface area contributed by atoms with Crippen LogP contribution in [0, 0.1) is 0 Å². The third kappa shape index (κ3) is 1.22. The highest BCUT2D eigenvalue weighted by Crippen LogP contribution is 2.34. The van der Waals surface area contributed by atoms with E-state index in [0.29, 0.717) is 4.83 Å². The first-order chi connectivity index (χ1) is 5.81. The van der Waals surface area contributed by atoms with Gasteiger partial charge in [-0.25, -0.2) is 0 Å². The molecule has 2 rings (SSSR count). The summed E-state index contributed by atoms with van der Waals surface area (Å²) in [6, 6.07) is 6.70. The first kappa shape index (κ1) is 8.06. The maximum absolute atomic E-state index is 3.60. The minimum absolute atomic E-state index is 0.429. The molecule has 0 spiro atoms. The van der Waals surface area contributed by atoms with Crippen molar-refractivity contribution in [3.63, 3.8) is 0 Å². The van der Waals surface area contributed by atoms with E-state index in [0.717, 1.165) is 6.42 Å². The van der Waals surface area contributed by atoms with E-state index in [2.05, 4.69) is 53.2 Å². The van der Waals surface area contributed by atoms with Crippen LogP contribution in [-0.4, -0.2) is 0 Å². The number of benzene rings is 1. The fourth-order valence-corrected chi connectivity index (χ4v) is 2.10. The molecule has 0 aromatic heterocycles. The van der Waals surface area contributed by atoms with Gasteiger partial charge in [-0.3, -0.25) is 0 Å². The lowest BCUT2D eigenvalue weighted by atomic mass is 10.0. The van der Waals surface area contributed by atoms with Crippen LogP contribution < -0.4 is 0 Å². The quantitative estimate of drug-likeness (QED) is 0.636. The van der Waals surface area contributed by atoms with Crippen LogP contribution in [0.3, 0.4) is 0 Å². The summed E-state index contributed by atoms with van der Waals surface area (Å²) in [5.41, 5.74) is 4.18. The van der Waals surface area contributed by atoms with E-state index < -0.39 is 0 Å². The van der Waals surface area contributed by atoms with E-state index in [-0.39, 0.29) is 0 Å². The Bertz CT molecular complexity index is 326. The second-order valence-corrected chi connectivity index (χ2v) is 4.06. The number of halogens is 1. The molecule has 1 heteroatoms. The van der Waals surface area contributed by atoms with Gasteiger partial charge in [0.1, 0.15) is 0 Å². The zero-order valence-corrected chi connectivity index (χ0v) is 8.64. The molecule has 1 aliphatic rings. The number of allylic oxidation sites excluding steroid dienone is 1. The number of hydrogen-bond donors (Lipinski definition) is 0. The molecule has 1 atom stereocenters. The fraction of sp³-hybridized carbons (Fsp3) is 0.273. The van der Waals surface area contributed by atoms with Crippen LogP contribution in [0.5, 0.6) is 0 Å². The standard InChI is InChI=1S/C11H11Br/c1-2-8-3-5-10-9(7-8)4-6-11(10)12/h3-7,11H,2H2,1H3. The van der Waals surface area contributed by atoms with Crippen molar-refractivity contribution in [1.29, 1.82) is 0 Å². The van der Waals surface area contributed by atoms with Crippen LogP contribution >= 0.6 is 15.9 Å². The average Bonchev–Trinajstić information content (AvgIpc) is 2.47. The van der Waals surface area contributed by atoms with Crippen LogP contribution in [0.4, 0.5) is 0 Å². The second kappa shape index (κ2) is 3.06. The minimum Gasteiger partial charge on any atom is -0.0793 e. The van der Waals surface area contributed by atoms with Gasteiger partial charge >= 0.3 is 0 Å². The number of fused-ring (bicyclic) bond motifs is 1. The van der Waals surface area contributed by atoms with Crippen LogP contribution in [0.15, 0.2) is 24.3 Å². The van der Waals surface area contributed by atoms with Crippen molar-refractivity contribution in [2.45, 2.75) is 18.2 Å². The molecule has 0 amide bonds. The van der Waals surface area contributed by atoms with Crippen molar-refractivity contribution in [2.75, 3.05) is 0 Å². The van der Waals surface area contributed by atoms with Crippen molar-refractivity contribution in [2.24, 2.45) is 0 Å². The molecule has 1 aliphatic carbocycles. The van der Waals surface area contributed by atoms with Gasteiger partial charge in [-0.1, -0.05) is 53.2 Å². The van der Waals surface area contributed by atoms with Gasteiger partial charge in [-0.2, -0.15) is 0 Å². The first-order valence-corrected chi connectivity index (χ1v) is 5.18. The topological polar surface area (TPSA) is 0 Å². The lowest BCUT2D eigenvalue weighted by molar-refractivity contribution is 1.13. The fourth-order valence-electron chi connectivity index (χ4n) is 1.53. The van der Waals surface area contributed by atoms with Crippen LogP contribution in [0.2, 0.25) is 0 Å². The number of rotatable bonds is 1. The molecule has 0 saturated carbocycles. The number of aryl methyl sites for hydroxylation is 1. The highest BCUT2D eigenvalue weighted by Gasteiger charge is 2.13. The van der Waals surface area contributed by atoms with Gasteiger partial charge in [0.05, 0.1) is 4.83 Å². The highest BCUT2D eigenvalue weighted by molar-refractivity contribution is 9.09. The normalized spacial score (nSPS) is 19.7. The Morgan fingerprint density at radius 1 is 1.42 bits per heavy atom. The van der Waals surface area contributed by atoms with Crippen LogP contribution in [0.25, 0.3) is 6.08 Å². The molecule has 0 nitrogen and oxygen atoms in total. The summed E-state index contributed by atoms with van der Waals surface area (Å²) in [6.07, 6.45) is 5.49. The van der Waals surface area contributed by atoms with Crippen LogP contribution in [-0.2, 0) is 6.42 Å². The van der Waals surface area contributed by atoms with Crippen molar-refractivity contribution < 1.29 is 0 Å². The van der Waals surface area contributed by atoms with Crippen molar-refractivity contribution >= 4 is 22.0 Å². The Morgan fingerprint density at radius 3 is 3.00 bits per heavy atom. The van der Waals surface area contributed by atoms with Gasteiger partial charge in [-0.15, -0.1) is 0 Å². The van der Waals surface area contributed by atoms with Gasteiger partial charge in [0.2, 0.25) is 0 Å². The van der Waals surface area contributed by atoms with E-state index in [1.54, 1.807) is 0 Å². The summed E-state index contributed by atoms with van der Waals surface area (Å²) in [6.45, 7) is 2.19. The monoisotopic (exact) mass is 222 g/mol. The molecule has 1 aromatic rings. The largest absolute Gasteiger partial charge is 0.0793 e. The van der Waals surface area contributed by atoms with Gasteiger partial charge < -0.3 is 0 Å². The molecule has 0 N–H and O–H groups in total. The van der Waals surface area contributed by atoms with Crippen molar-refractivity contribution in [3.8, 4) is 0 Å². The van der Waals surface area contributed by atoms with Gasteiger partial charge in [0, 0.05) is 0 Å². The third-order valence-corrected chi connectivity index (χ3v) is 3.10. The summed E-state index contributed by atoms with van der Waals surface area (Å²) in [4.78, 5) is 0.429. The molecular formula is C11H11Br. The van der Waals surface area contributed by atoms with Crippen molar-refractivity contribution in [1.82, 2.24) is 0 Å². The summed E-state index contributed by atoms with van der Waals surface area (Å²) in [5, 5.41) is 0. The summed E-state index contributed by atoms with van der Waals surface area (Å²) >= 11 is 3.60. The van der Waals surface area contributed by atoms with E-state index in [1.807, 2.05) is 0 Å². The van der Waals surface area contributed by atoms with Crippen molar-refractivity contribution in [3.05, 3.63) is 41.0 Å². The molecule has 12 heavy (non-hydrogen) atoms. The second-order valence-electron chi connectivity index (χ2n) is 3.08. The molecule has 0 bridgehead atoms. The minimum atomic E-state index is 0.429. The van der Waals surface area contributed by atoms with E-state index in [9.17, 15) is 0 Å². The molecule has 0 heterocycles. The molecule has 0 fully saturated rings. The summed E-state index contributed by atoms with van der Waals surface area (Å²) < 4.78 is 0. The SMILES string of the molecule is CCc1ccc2c(c1)C=CC2Br. The molecule has 0 radical (unpaired) electrons. The molecule has 62 valence electrons. The molecule has 1 unspecified atom stereocenters. The van der Waals surface area contributed by atoms with Gasteiger partial charge in [-0.05, 0) is 23.1 Å². The zero-order valence-electron chi connectivity index (χ0n) is 7.05. The first-order valence-electron chi connectivity index (χ1n) is 4.26. The van der Waals surface area contributed by atoms with E-state index in [4.69, 9.17) is 0 Å². The average molecular weight is 223 g/mol. The Morgan fingerprint density at radius 2 is 2.25 bits per heavy atom. The van der Waals surface area contributed by atoms with E-state index in [1.165, 1.54) is 16.7 Å². The van der Waals surface area contributed by atoms with Gasteiger partial charge in [0.15, 0.2) is 0 Å². The molecule has 1 aromatic carbocycles. The molecule has 0 aliphatic heterocycles. The zero-order chi connectivity index (χ0) is 8.55. The third-order valence-electron chi connectivity index (χ3n) is 2.30. The Hall–Kier alpha value is -0.560. The lowest BCUT2D eigenvalue weighted by Gasteiger charge is -2.04. The number of alkyl halides is 1. The lowest BCUT2D eigenvalue weighted by Crippen LogP contribution is -1.86. The summed E-state index contributed by atoms with van der Waals surface area (Å²) in [7, 11) is 0. The molecule has 0 saturated heterocycles. The number of hydrogen-bond acceptors (Lipinski definition) is 0. The van der Waals surface area contributed by atoms with E-state index >= 15 is 0 Å².